The predicted molar refractivity (Wildman–Crippen MR) is 533 cm³/mol. The molecular formula is C122H78N2O3S. The van der Waals surface area contributed by atoms with Gasteiger partial charge in [-0.15, -0.1) is 11.3 Å². The maximum atomic E-state index is 6.59. The van der Waals surface area contributed by atoms with Crippen molar-refractivity contribution >= 4 is 131 Å². The number of benzene rings is 20. The SMILES string of the molecule is c1ccc(C2(c3ccccc3)c3ccccc3-c3c(N(c4ccc(-c5ccc6c(c5)oc5ccccc56)cc4)c4cccc(-c5ccc6sc7ccccc7c6c5)c4)cccc32)cc1.c1ccc(C2(c3ccccc3)c3ccccc3-c3c(N(c4ccc(-c5ccc6c(c5)oc5ccccc56)cc4)c4cccc(-c5cccc6c5oc5ccccc56)c4)cccc32)cc1. The number of thiophene rings is 1. The van der Waals surface area contributed by atoms with Crippen LogP contribution in [0.5, 0.6) is 0 Å². The molecule has 0 saturated carbocycles. The Morgan fingerprint density at radius 1 is 0.188 bits per heavy atom. The number of para-hydroxylation sites is 4. The topological polar surface area (TPSA) is 45.9 Å². The predicted octanol–water partition coefficient (Wildman–Crippen LogP) is 33.8. The van der Waals surface area contributed by atoms with E-state index in [-0.39, 0.29) is 0 Å². The van der Waals surface area contributed by atoms with E-state index in [0.717, 1.165) is 133 Å². The molecule has 0 spiro atoms. The summed E-state index contributed by atoms with van der Waals surface area (Å²) in [6.45, 7) is 0. The first kappa shape index (κ1) is 74.3. The summed E-state index contributed by atoms with van der Waals surface area (Å²) in [7, 11) is 0. The summed E-state index contributed by atoms with van der Waals surface area (Å²) in [6, 6.07) is 172. The molecule has 2 aliphatic rings. The zero-order chi connectivity index (χ0) is 84.4. The fourth-order valence-corrected chi connectivity index (χ4v) is 22.2. The molecule has 20 aromatic carbocycles. The highest BCUT2D eigenvalue weighted by molar-refractivity contribution is 7.25. The van der Waals surface area contributed by atoms with Crippen LogP contribution in [0, 0.1) is 0 Å². The van der Waals surface area contributed by atoms with Gasteiger partial charge in [0.25, 0.3) is 0 Å². The largest absolute Gasteiger partial charge is 0.456 e. The summed E-state index contributed by atoms with van der Waals surface area (Å²) in [6.07, 6.45) is 0. The number of anilines is 6. The Bertz CT molecular complexity index is 8360. The van der Waals surface area contributed by atoms with Crippen LogP contribution in [-0.2, 0) is 10.8 Å². The van der Waals surface area contributed by atoms with Gasteiger partial charge < -0.3 is 23.1 Å². The van der Waals surface area contributed by atoms with Gasteiger partial charge in [-0.3, -0.25) is 0 Å². The van der Waals surface area contributed by atoms with Crippen LogP contribution in [0.3, 0.4) is 0 Å². The van der Waals surface area contributed by atoms with Crippen LogP contribution in [0.4, 0.5) is 34.1 Å². The molecule has 0 fully saturated rings. The molecule has 2 aliphatic carbocycles. The molecule has 0 N–H and O–H groups in total. The smallest absolute Gasteiger partial charge is 0.143 e. The summed E-state index contributed by atoms with van der Waals surface area (Å²) in [5.74, 6) is 0. The van der Waals surface area contributed by atoms with E-state index in [1.54, 1.807) is 0 Å². The fraction of sp³-hybridized carbons (Fsp3) is 0.0164. The third-order valence-corrected chi connectivity index (χ3v) is 27.9. The Hall–Kier alpha value is -16.4. The molecule has 128 heavy (non-hydrogen) atoms. The van der Waals surface area contributed by atoms with Gasteiger partial charge in [0.2, 0.25) is 0 Å². The molecule has 24 aromatic rings. The second-order valence-electron chi connectivity index (χ2n) is 33.5. The van der Waals surface area contributed by atoms with Gasteiger partial charge in [-0.1, -0.05) is 352 Å². The van der Waals surface area contributed by atoms with E-state index in [1.807, 2.05) is 41.7 Å². The van der Waals surface area contributed by atoms with E-state index in [0.29, 0.717) is 0 Å². The number of furan rings is 3. The number of fused-ring (bicyclic) bond motifs is 18. The van der Waals surface area contributed by atoms with E-state index < -0.39 is 10.8 Å². The van der Waals surface area contributed by atoms with Gasteiger partial charge in [-0.05, 0) is 216 Å². The van der Waals surface area contributed by atoms with E-state index in [2.05, 4.69) is 453 Å². The maximum Gasteiger partial charge on any atom is 0.143 e. The van der Waals surface area contributed by atoms with Crippen molar-refractivity contribution in [2.75, 3.05) is 9.80 Å². The van der Waals surface area contributed by atoms with E-state index in [1.165, 1.54) is 98.1 Å². The molecule has 4 aromatic heterocycles. The van der Waals surface area contributed by atoms with Gasteiger partial charge in [0.05, 0.1) is 22.2 Å². The molecule has 5 nitrogen and oxygen atoms in total. The lowest BCUT2D eigenvalue weighted by molar-refractivity contribution is 0.668. The molecule has 0 atom stereocenters. The highest BCUT2D eigenvalue weighted by atomic mass is 32.1. The van der Waals surface area contributed by atoms with Crippen molar-refractivity contribution in [2.24, 2.45) is 0 Å². The third-order valence-electron chi connectivity index (χ3n) is 26.7. The van der Waals surface area contributed by atoms with Crippen LogP contribution in [0.2, 0.25) is 0 Å². The van der Waals surface area contributed by atoms with E-state index in [4.69, 9.17) is 13.3 Å². The Labute approximate surface area is 744 Å². The minimum Gasteiger partial charge on any atom is -0.456 e. The number of nitrogens with zero attached hydrogens (tertiary/aromatic N) is 2. The number of rotatable bonds is 14. The van der Waals surface area contributed by atoms with Gasteiger partial charge >= 0.3 is 0 Å². The molecule has 6 heteroatoms. The quantitative estimate of drug-likeness (QED) is 0.109. The Balaban J connectivity index is 0.000000139. The number of hydrogen-bond donors (Lipinski definition) is 0. The van der Waals surface area contributed by atoms with Crippen molar-refractivity contribution in [3.63, 3.8) is 0 Å². The molecule has 0 unspecified atom stereocenters. The highest BCUT2D eigenvalue weighted by Gasteiger charge is 2.49. The van der Waals surface area contributed by atoms with Crippen LogP contribution in [0.25, 0.3) is 153 Å². The second kappa shape index (κ2) is 30.3. The summed E-state index contributed by atoms with van der Waals surface area (Å²) < 4.78 is 21.9. The molecule has 0 aliphatic heterocycles. The van der Waals surface area contributed by atoms with E-state index >= 15 is 0 Å². The summed E-state index contributed by atoms with van der Waals surface area (Å²) in [5.41, 5.74) is 34.8. The molecular weight excluding hydrogens is 1570 g/mol. The van der Waals surface area contributed by atoms with Gasteiger partial charge in [0.1, 0.15) is 33.5 Å². The van der Waals surface area contributed by atoms with Crippen LogP contribution < -0.4 is 9.80 Å². The zero-order valence-electron chi connectivity index (χ0n) is 69.6. The van der Waals surface area contributed by atoms with Crippen molar-refractivity contribution in [1.82, 2.24) is 0 Å². The first-order chi connectivity index (χ1) is 63.5. The lowest BCUT2D eigenvalue weighted by Crippen LogP contribution is -2.28. The van der Waals surface area contributed by atoms with Gasteiger partial charge in [0.15, 0.2) is 0 Å². The molecule has 0 amide bonds. The number of hydrogen-bond acceptors (Lipinski definition) is 6. The van der Waals surface area contributed by atoms with Gasteiger partial charge in [-0.25, -0.2) is 0 Å². The van der Waals surface area contributed by atoms with Crippen molar-refractivity contribution in [1.29, 1.82) is 0 Å². The van der Waals surface area contributed by atoms with Crippen molar-refractivity contribution < 1.29 is 13.3 Å². The van der Waals surface area contributed by atoms with Crippen LogP contribution in [0.15, 0.2) is 486 Å². The molecule has 4 heterocycles. The summed E-state index contributed by atoms with van der Waals surface area (Å²) in [4.78, 5) is 4.91. The van der Waals surface area contributed by atoms with Gasteiger partial charge in [0, 0.05) is 91.9 Å². The minimum atomic E-state index is -0.534. The van der Waals surface area contributed by atoms with Crippen molar-refractivity contribution in [3.05, 3.63) is 518 Å². The second-order valence-corrected chi connectivity index (χ2v) is 34.6. The first-order valence-electron chi connectivity index (χ1n) is 43.8. The lowest BCUT2D eigenvalue weighted by atomic mass is 9.68. The lowest BCUT2D eigenvalue weighted by Gasteiger charge is -2.34. The molecule has 0 bridgehead atoms. The Morgan fingerprint density at radius 2 is 0.531 bits per heavy atom. The fourth-order valence-electron chi connectivity index (χ4n) is 21.1. The normalized spacial score (nSPS) is 12.8. The van der Waals surface area contributed by atoms with Crippen LogP contribution in [0.1, 0.15) is 44.5 Å². The Kier molecular flexibility index (Phi) is 17.6. The molecule has 600 valence electrons. The first-order valence-corrected chi connectivity index (χ1v) is 44.6. The molecule has 26 rings (SSSR count). The standard InChI is InChI=1S/C61H39NO2.C61H39NOS/c1-3-17-43(18-4-1)61(44-19-5-2-6-20-44)53-27-10-7-24-52(53)59-54(61)28-15-29-55(59)62(45-35-32-40(33-36-45)41-34-37-50-48-22-8-11-30-56(48)63-58(50)39-41)46-21-13-16-42(38-46)47-25-14-26-51-49-23-9-12-31-57(49)64-60(47)51;1-3-16-44(17-4-1)61(45-18-5-2-6-19-45)53-24-10-7-23-51(53)60-54(61)25-14-26-55(60)62(46-33-29-40(30-34-46)43-31-35-49-48-21-8-11-27-56(48)63-57(49)39-43)47-20-13-15-41(37-47)42-32-36-59-52(38-42)50-22-9-12-28-58(50)64-59/h2*1-39H. The molecule has 0 saturated heterocycles. The van der Waals surface area contributed by atoms with E-state index in [9.17, 15) is 0 Å². The van der Waals surface area contributed by atoms with Gasteiger partial charge in [-0.2, -0.15) is 0 Å². The average Bonchev–Trinajstić information content (AvgIpc) is 1.53. The monoisotopic (exact) mass is 1650 g/mol. The maximum absolute atomic E-state index is 6.59. The van der Waals surface area contributed by atoms with Crippen LogP contribution >= 0.6 is 11.3 Å². The third kappa shape index (κ3) is 11.8. The van der Waals surface area contributed by atoms with Crippen LogP contribution in [-0.4, -0.2) is 0 Å². The van der Waals surface area contributed by atoms with Crippen molar-refractivity contribution in [3.8, 4) is 66.8 Å². The minimum absolute atomic E-state index is 0.518. The summed E-state index contributed by atoms with van der Waals surface area (Å²) in [5, 5.41) is 9.37. The zero-order valence-corrected chi connectivity index (χ0v) is 70.4. The average molecular weight is 1650 g/mol. The summed E-state index contributed by atoms with van der Waals surface area (Å²) >= 11 is 1.86. The Morgan fingerprint density at radius 3 is 1.04 bits per heavy atom. The highest BCUT2D eigenvalue weighted by Crippen LogP contribution is 2.62. The molecule has 0 radical (unpaired) electrons. The van der Waals surface area contributed by atoms with Crippen molar-refractivity contribution in [2.45, 2.75) is 10.8 Å².